The summed E-state index contributed by atoms with van der Waals surface area (Å²) in [7, 11) is 0. The van der Waals surface area contributed by atoms with Gasteiger partial charge in [-0.05, 0) is 63.5 Å². The standard InChI is InChI=1S/C28H30ClFN8O2/c29-17-3-1-2-16(12-17)27(39)35-20-8-6-19(7-9-20)34-25-13-23(33-18-4-5-18)26-32-15-24(38(26)37-25)28(40)36-22-10-11-31-14-21(22)30/h2,10-15,18-20,33H,1,3-9H2,(H,34,37)(H,35,39)(H,31,36,40). The monoisotopic (exact) mass is 564 g/mol. The van der Waals surface area contributed by atoms with E-state index in [0.717, 1.165) is 63.3 Å². The quantitative estimate of drug-likeness (QED) is 0.310. The van der Waals surface area contributed by atoms with Gasteiger partial charge in [-0.3, -0.25) is 14.6 Å². The molecule has 4 N–H and O–H groups in total. The molecule has 0 radical (unpaired) electrons. The molecular weight excluding hydrogens is 535 g/mol. The molecule has 0 aromatic carbocycles. The predicted molar refractivity (Wildman–Crippen MR) is 151 cm³/mol. The summed E-state index contributed by atoms with van der Waals surface area (Å²) < 4.78 is 15.6. The van der Waals surface area contributed by atoms with Crippen LogP contribution in [0.5, 0.6) is 0 Å². The lowest BCUT2D eigenvalue weighted by molar-refractivity contribution is -0.118. The van der Waals surface area contributed by atoms with Crippen LogP contribution in [0, 0.1) is 5.82 Å². The Labute approximate surface area is 235 Å². The van der Waals surface area contributed by atoms with Gasteiger partial charge < -0.3 is 21.3 Å². The highest BCUT2D eigenvalue weighted by Crippen LogP contribution is 2.30. The molecule has 0 unspecified atom stereocenters. The van der Waals surface area contributed by atoms with E-state index in [1.807, 2.05) is 12.1 Å². The fourth-order valence-electron chi connectivity index (χ4n) is 5.09. The highest BCUT2D eigenvalue weighted by molar-refractivity contribution is 6.30. The molecule has 3 aromatic rings. The van der Waals surface area contributed by atoms with Crippen LogP contribution in [-0.4, -0.2) is 49.5 Å². The van der Waals surface area contributed by atoms with Crippen molar-refractivity contribution in [2.45, 2.75) is 69.5 Å². The average molecular weight is 565 g/mol. The number of carbonyl (C=O) groups is 2. The first-order valence-electron chi connectivity index (χ1n) is 13.6. The number of pyridine rings is 1. The Morgan fingerprint density at radius 3 is 2.48 bits per heavy atom. The second-order valence-corrected chi connectivity index (χ2v) is 11.0. The number of carbonyl (C=O) groups excluding carboxylic acids is 2. The van der Waals surface area contributed by atoms with Gasteiger partial charge in [-0.2, -0.15) is 0 Å². The molecule has 0 bridgehead atoms. The molecule has 0 saturated heterocycles. The van der Waals surface area contributed by atoms with E-state index < -0.39 is 11.7 Å². The van der Waals surface area contributed by atoms with Crippen molar-refractivity contribution in [2.75, 3.05) is 16.0 Å². The molecule has 3 aliphatic carbocycles. The molecular formula is C28H30ClFN8O2. The Bertz CT molecular complexity index is 1510. The van der Waals surface area contributed by atoms with E-state index in [1.54, 1.807) is 6.08 Å². The fraction of sp³-hybridized carbons (Fsp3) is 0.393. The molecule has 10 nitrogen and oxygen atoms in total. The van der Waals surface area contributed by atoms with Crippen molar-refractivity contribution < 1.29 is 14.0 Å². The highest BCUT2D eigenvalue weighted by atomic mass is 35.5. The maximum Gasteiger partial charge on any atom is 0.276 e. The molecule has 208 valence electrons. The van der Waals surface area contributed by atoms with Crippen LogP contribution in [0.3, 0.4) is 0 Å². The number of rotatable bonds is 8. The van der Waals surface area contributed by atoms with Gasteiger partial charge >= 0.3 is 0 Å². The van der Waals surface area contributed by atoms with Crippen molar-refractivity contribution in [3.8, 4) is 0 Å². The summed E-state index contributed by atoms with van der Waals surface area (Å²) in [6, 6.07) is 3.93. The number of aromatic nitrogens is 4. The minimum absolute atomic E-state index is 0.0308. The summed E-state index contributed by atoms with van der Waals surface area (Å²) >= 11 is 6.11. The zero-order valence-electron chi connectivity index (χ0n) is 21.8. The molecule has 2 fully saturated rings. The van der Waals surface area contributed by atoms with Crippen molar-refractivity contribution in [3.05, 3.63) is 65.0 Å². The lowest BCUT2D eigenvalue weighted by atomic mass is 9.90. The van der Waals surface area contributed by atoms with Crippen LogP contribution in [0.2, 0.25) is 0 Å². The number of hydrogen-bond acceptors (Lipinski definition) is 7. The summed E-state index contributed by atoms with van der Waals surface area (Å²) in [6.45, 7) is 0. The molecule has 2 saturated carbocycles. The van der Waals surface area contributed by atoms with Crippen LogP contribution in [0.15, 0.2) is 53.5 Å². The Balaban J connectivity index is 1.15. The third-order valence-corrected chi connectivity index (χ3v) is 7.69. The number of hydrogen-bond donors (Lipinski definition) is 4. The van der Waals surface area contributed by atoms with Crippen molar-refractivity contribution in [2.24, 2.45) is 0 Å². The first-order chi connectivity index (χ1) is 19.4. The van der Waals surface area contributed by atoms with E-state index in [0.29, 0.717) is 28.1 Å². The molecule has 3 aromatic heterocycles. The Morgan fingerprint density at radius 1 is 0.975 bits per heavy atom. The molecule has 2 amide bonds. The van der Waals surface area contributed by atoms with E-state index >= 15 is 0 Å². The maximum absolute atomic E-state index is 14.1. The van der Waals surface area contributed by atoms with Crippen molar-refractivity contribution >= 4 is 46.3 Å². The van der Waals surface area contributed by atoms with E-state index in [9.17, 15) is 14.0 Å². The second-order valence-electron chi connectivity index (χ2n) is 10.5. The first kappa shape index (κ1) is 26.2. The van der Waals surface area contributed by atoms with Gasteiger partial charge in [0.2, 0.25) is 0 Å². The van der Waals surface area contributed by atoms with Crippen molar-refractivity contribution in [1.82, 2.24) is 24.9 Å². The van der Waals surface area contributed by atoms with E-state index in [2.05, 4.69) is 36.3 Å². The zero-order chi connectivity index (χ0) is 27.6. The van der Waals surface area contributed by atoms with Gasteiger partial charge in [0.15, 0.2) is 17.2 Å². The van der Waals surface area contributed by atoms with Crippen molar-refractivity contribution in [3.63, 3.8) is 0 Å². The number of halogens is 2. The van der Waals surface area contributed by atoms with Gasteiger partial charge in [0.1, 0.15) is 5.82 Å². The number of nitrogens with one attached hydrogen (secondary N) is 4. The molecule has 0 atom stereocenters. The van der Waals surface area contributed by atoms with E-state index in [1.165, 1.54) is 23.0 Å². The minimum atomic E-state index is -0.626. The number of allylic oxidation sites excluding steroid dienone is 2. The number of anilines is 3. The Hall–Kier alpha value is -3.99. The van der Waals surface area contributed by atoms with Gasteiger partial charge in [-0.15, -0.1) is 5.10 Å². The molecule has 6 rings (SSSR count). The summed E-state index contributed by atoms with van der Waals surface area (Å²) in [5.41, 5.74) is 2.16. The average Bonchev–Trinajstić information content (AvgIpc) is 3.66. The Kier molecular flexibility index (Phi) is 7.38. The highest BCUT2D eigenvalue weighted by Gasteiger charge is 2.27. The topological polar surface area (TPSA) is 125 Å². The van der Waals surface area contributed by atoms with Crippen LogP contribution in [-0.2, 0) is 4.79 Å². The van der Waals surface area contributed by atoms with Crippen LogP contribution in [0.1, 0.15) is 61.9 Å². The number of nitrogens with zero attached hydrogens (tertiary/aromatic N) is 4. The van der Waals surface area contributed by atoms with Gasteiger partial charge in [-0.25, -0.2) is 13.9 Å². The van der Waals surface area contributed by atoms with Crippen LogP contribution in [0.4, 0.5) is 21.6 Å². The van der Waals surface area contributed by atoms with Crippen LogP contribution < -0.4 is 21.3 Å². The fourth-order valence-corrected chi connectivity index (χ4v) is 5.32. The lowest BCUT2D eigenvalue weighted by Gasteiger charge is -2.30. The van der Waals surface area contributed by atoms with Crippen LogP contribution >= 0.6 is 11.6 Å². The van der Waals surface area contributed by atoms with Crippen LogP contribution in [0.25, 0.3) is 5.65 Å². The molecule has 12 heteroatoms. The molecule has 40 heavy (non-hydrogen) atoms. The first-order valence-corrected chi connectivity index (χ1v) is 14.0. The predicted octanol–water partition coefficient (Wildman–Crippen LogP) is 4.77. The van der Waals surface area contributed by atoms with E-state index in [-0.39, 0.29) is 29.4 Å². The smallest absolute Gasteiger partial charge is 0.276 e. The third kappa shape index (κ3) is 5.94. The molecule has 3 heterocycles. The third-order valence-electron chi connectivity index (χ3n) is 7.39. The van der Waals surface area contributed by atoms with Gasteiger partial charge in [-0.1, -0.05) is 17.7 Å². The molecule has 0 spiro atoms. The largest absolute Gasteiger partial charge is 0.379 e. The number of amides is 2. The summed E-state index contributed by atoms with van der Waals surface area (Å²) in [5.74, 6) is -0.620. The minimum Gasteiger partial charge on any atom is -0.379 e. The lowest BCUT2D eigenvalue weighted by Crippen LogP contribution is -2.40. The summed E-state index contributed by atoms with van der Waals surface area (Å²) in [5, 5.41) is 18.1. The Morgan fingerprint density at radius 2 is 1.73 bits per heavy atom. The normalized spacial score (nSPS) is 20.9. The van der Waals surface area contributed by atoms with Crippen molar-refractivity contribution in [1.29, 1.82) is 0 Å². The SMILES string of the molecule is O=C(NC1CCC(Nc2cc(NC3CC3)c3ncc(C(=O)Nc4ccncc4F)n3n2)CC1)C1=CCCC(Cl)=C1. The second kappa shape index (κ2) is 11.2. The number of imidazole rings is 1. The zero-order valence-corrected chi connectivity index (χ0v) is 22.5. The summed E-state index contributed by atoms with van der Waals surface area (Å²) in [6.07, 6.45) is 14.6. The maximum atomic E-state index is 14.1. The van der Waals surface area contributed by atoms with E-state index in [4.69, 9.17) is 11.6 Å². The summed E-state index contributed by atoms with van der Waals surface area (Å²) in [4.78, 5) is 33.9. The van der Waals surface area contributed by atoms with Gasteiger partial charge in [0, 0.05) is 41.0 Å². The molecule has 3 aliphatic rings. The number of fused-ring (bicyclic) bond motifs is 1. The van der Waals surface area contributed by atoms with Gasteiger partial charge in [0.05, 0.1) is 23.8 Å². The van der Waals surface area contributed by atoms with Gasteiger partial charge in [0.25, 0.3) is 11.8 Å². The molecule has 0 aliphatic heterocycles.